The van der Waals surface area contributed by atoms with Crippen molar-refractivity contribution in [2.45, 2.75) is 54.0 Å². The highest BCUT2D eigenvalue weighted by molar-refractivity contribution is 4.94. The summed E-state index contributed by atoms with van der Waals surface area (Å²) in [5.41, 5.74) is 0.554. The van der Waals surface area contributed by atoms with Crippen LogP contribution in [-0.2, 0) is 0 Å². The van der Waals surface area contributed by atoms with Crippen LogP contribution in [0.2, 0.25) is 0 Å². The predicted molar refractivity (Wildman–Crippen MR) is 56.4 cm³/mol. The molecule has 0 rings (SSSR count). The second-order valence-corrected chi connectivity index (χ2v) is 5.03. The molecule has 0 aliphatic carbocycles. The van der Waals surface area contributed by atoms with Crippen LogP contribution in [0.4, 0.5) is 0 Å². The van der Waals surface area contributed by atoms with Crippen LogP contribution < -0.4 is 5.32 Å². The van der Waals surface area contributed by atoms with E-state index in [1.807, 2.05) is 0 Å². The van der Waals surface area contributed by atoms with Crippen molar-refractivity contribution in [1.29, 1.82) is 0 Å². The van der Waals surface area contributed by atoms with Crippen LogP contribution in [0.1, 0.15) is 48.5 Å². The molecule has 0 aromatic heterocycles. The molecule has 0 spiro atoms. The molecule has 74 valence electrons. The molecule has 0 aromatic carbocycles. The zero-order chi connectivity index (χ0) is 9.99. The molecule has 0 aliphatic heterocycles. The van der Waals surface area contributed by atoms with E-state index in [0.717, 1.165) is 6.54 Å². The molecule has 1 N–H and O–H groups in total. The van der Waals surface area contributed by atoms with Gasteiger partial charge in [-0.2, -0.15) is 0 Å². The predicted octanol–water partition coefficient (Wildman–Crippen LogP) is 3.06. The lowest BCUT2D eigenvalue weighted by Crippen LogP contribution is -2.53. The highest BCUT2D eigenvalue weighted by Crippen LogP contribution is 2.37. The van der Waals surface area contributed by atoms with E-state index in [4.69, 9.17) is 0 Å². The summed E-state index contributed by atoms with van der Waals surface area (Å²) in [6.45, 7) is 17.0. The van der Waals surface area contributed by atoms with Crippen LogP contribution >= 0.6 is 0 Å². The molecule has 0 aliphatic rings. The summed E-state index contributed by atoms with van der Waals surface area (Å²) in [6, 6.07) is 0. The van der Waals surface area contributed by atoms with Gasteiger partial charge in [-0.3, -0.25) is 0 Å². The van der Waals surface area contributed by atoms with E-state index in [-0.39, 0.29) is 5.54 Å². The number of nitrogens with one attached hydrogen (secondary N) is 1. The molecular weight excluding hydrogens is 146 g/mol. The Morgan fingerprint density at radius 2 is 1.50 bits per heavy atom. The second kappa shape index (κ2) is 3.78. The lowest BCUT2D eigenvalue weighted by atomic mass is 9.67. The summed E-state index contributed by atoms with van der Waals surface area (Å²) in [6.07, 6.45) is 0. The summed E-state index contributed by atoms with van der Waals surface area (Å²) in [7, 11) is 0. The van der Waals surface area contributed by atoms with E-state index in [2.05, 4.69) is 53.8 Å². The van der Waals surface area contributed by atoms with E-state index in [0.29, 0.717) is 11.3 Å². The van der Waals surface area contributed by atoms with Crippen molar-refractivity contribution in [3.05, 3.63) is 0 Å². The Balaban J connectivity index is 4.50. The smallest absolute Gasteiger partial charge is 0.0178 e. The van der Waals surface area contributed by atoms with Gasteiger partial charge in [-0.15, -0.1) is 0 Å². The lowest BCUT2D eigenvalue weighted by Gasteiger charge is -2.45. The first-order valence-corrected chi connectivity index (χ1v) is 5.00. The fourth-order valence-corrected chi connectivity index (χ4v) is 1.39. The minimum Gasteiger partial charge on any atom is -0.312 e. The van der Waals surface area contributed by atoms with Gasteiger partial charge in [-0.05, 0) is 31.7 Å². The fourth-order valence-electron chi connectivity index (χ4n) is 1.39. The summed E-state index contributed by atoms with van der Waals surface area (Å²) in [4.78, 5) is 0. The zero-order valence-electron chi connectivity index (χ0n) is 9.78. The van der Waals surface area contributed by atoms with Crippen LogP contribution in [0.15, 0.2) is 0 Å². The molecule has 0 heterocycles. The van der Waals surface area contributed by atoms with Crippen molar-refractivity contribution < 1.29 is 0 Å². The molecule has 0 bridgehead atoms. The Morgan fingerprint density at radius 1 is 1.08 bits per heavy atom. The first-order valence-electron chi connectivity index (χ1n) is 5.00. The van der Waals surface area contributed by atoms with Gasteiger partial charge in [0.2, 0.25) is 0 Å². The van der Waals surface area contributed by atoms with Gasteiger partial charge in [0.15, 0.2) is 0 Å². The Labute approximate surface area is 77.9 Å². The van der Waals surface area contributed by atoms with E-state index in [9.17, 15) is 0 Å². The highest BCUT2D eigenvalue weighted by Gasteiger charge is 2.38. The van der Waals surface area contributed by atoms with Crippen LogP contribution in [0.3, 0.4) is 0 Å². The molecule has 0 saturated heterocycles. The maximum Gasteiger partial charge on any atom is 0.0178 e. The summed E-state index contributed by atoms with van der Waals surface area (Å²) < 4.78 is 0. The van der Waals surface area contributed by atoms with E-state index < -0.39 is 0 Å². The van der Waals surface area contributed by atoms with Crippen LogP contribution in [0.25, 0.3) is 0 Å². The molecule has 1 heteroatoms. The minimum atomic E-state index is 0.218. The third-order valence-corrected chi connectivity index (χ3v) is 3.67. The van der Waals surface area contributed by atoms with Gasteiger partial charge in [-0.1, -0.05) is 34.6 Å². The molecule has 0 amide bonds. The van der Waals surface area contributed by atoms with E-state index in [1.54, 1.807) is 0 Å². The number of rotatable bonds is 4. The average molecular weight is 171 g/mol. The normalized spacial score (nSPS) is 14.0. The van der Waals surface area contributed by atoms with Gasteiger partial charge in [-0.25, -0.2) is 0 Å². The third-order valence-electron chi connectivity index (χ3n) is 3.67. The second-order valence-electron chi connectivity index (χ2n) is 5.03. The van der Waals surface area contributed by atoms with Crippen LogP contribution in [0, 0.1) is 11.3 Å². The van der Waals surface area contributed by atoms with Crippen molar-refractivity contribution in [3.63, 3.8) is 0 Å². The SMILES string of the molecule is CCNC(C)(C)C(C)(C)C(C)C. The van der Waals surface area contributed by atoms with Crippen molar-refractivity contribution in [2.24, 2.45) is 11.3 Å². The van der Waals surface area contributed by atoms with Crippen molar-refractivity contribution in [2.75, 3.05) is 6.54 Å². The van der Waals surface area contributed by atoms with Gasteiger partial charge in [0, 0.05) is 5.54 Å². The molecule has 0 fully saturated rings. The molecular formula is C11H25N. The molecule has 0 atom stereocenters. The maximum atomic E-state index is 3.54. The Kier molecular flexibility index (Phi) is 3.77. The standard InChI is InChI=1S/C11H25N/c1-8-12-11(6,7)10(4,5)9(2)3/h9,12H,8H2,1-7H3. The molecule has 1 nitrogen and oxygen atoms in total. The number of hydrogen-bond donors (Lipinski definition) is 1. The zero-order valence-corrected chi connectivity index (χ0v) is 9.78. The van der Waals surface area contributed by atoms with E-state index in [1.165, 1.54) is 0 Å². The van der Waals surface area contributed by atoms with E-state index >= 15 is 0 Å². The average Bonchev–Trinajstić information content (AvgIpc) is 1.86. The monoisotopic (exact) mass is 171 g/mol. The maximum absolute atomic E-state index is 3.54. The summed E-state index contributed by atoms with van der Waals surface area (Å²) >= 11 is 0. The van der Waals surface area contributed by atoms with Gasteiger partial charge in [0.25, 0.3) is 0 Å². The van der Waals surface area contributed by atoms with Gasteiger partial charge < -0.3 is 5.32 Å². The minimum absolute atomic E-state index is 0.218. The summed E-state index contributed by atoms with van der Waals surface area (Å²) in [5.74, 6) is 0.701. The van der Waals surface area contributed by atoms with Crippen molar-refractivity contribution in [3.8, 4) is 0 Å². The Bertz CT molecular complexity index is 134. The molecule has 0 aromatic rings. The first kappa shape index (κ1) is 12.0. The summed E-state index contributed by atoms with van der Waals surface area (Å²) in [5, 5.41) is 3.54. The first-order chi connectivity index (χ1) is 5.25. The number of hydrogen-bond acceptors (Lipinski definition) is 1. The quantitative estimate of drug-likeness (QED) is 0.685. The fraction of sp³-hybridized carbons (Fsp3) is 1.00. The topological polar surface area (TPSA) is 12.0 Å². The van der Waals surface area contributed by atoms with Gasteiger partial charge in [0.05, 0.1) is 0 Å². The Hall–Kier alpha value is -0.0400. The van der Waals surface area contributed by atoms with Crippen LogP contribution in [0.5, 0.6) is 0 Å². The van der Waals surface area contributed by atoms with Gasteiger partial charge >= 0.3 is 0 Å². The molecule has 0 unspecified atom stereocenters. The van der Waals surface area contributed by atoms with Crippen molar-refractivity contribution >= 4 is 0 Å². The Morgan fingerprint density at radius 3 is 1.75 bits per heavy atom. The van der Waals surface area contributed by atoms with Crippen LogP contribution in [-0.4, -0.2) is 12.1 Å². The lowest BCUT2D eigenvalue weighted by molar-refractivity contribution is 0.0982. The molecule has 12 heavy (non-hydrogen) atoms. The van der Waals surface area contributed by atoms with Crippen molar-refractivity contribution in [1.82, 2.24) is 5.32 Å². The van der Waals surface area contributed by atoms with Gasteiger partial charge in [0.1, 0.15) is 0 Å². The third kappa shape index (κ3) is 2.22. The molecule has 0 radical (unpaired) electrons. The highest BCUT2D eigenvalue weighted by atomic mass is 15.0. The largest absolute Gasteiger partial charge is 0.312 e. The molecule has 0 saturated carbocycles.